The van der Waals surface area contributed by atoms with E-state index in [-0.39, 0.29) is 39.2 Å². The third-order valence-corrected chi connectivity index (χ3v) is 7.01. The molecule has 0 aliphatic carbocycles. The van der Waals surface area contributed by atoms with Crippen LogP contribution < -0.4 is 10.1 Å². The van der Waals surface area contributed by atoms with Gasteiger partial charge in [-0.1, -0.05) is 93.6 Å². The first kappa shape index (κ1) is 33.3. The van der Waals surface area contributed by atoms with Gasteiger partial charge in [-0.05, 0) is 56.4 Å². The highest BCUT2D eigenvalue weighted by Crippen LogP contribution is 2.29. The molecule has 2 aromatic carbocycles. The molecule has 218 valence electrons. The highest BCUT2D eigenvalue weighted by Gasteiger charge is 2.18. The fourth-order valence-corrected chi connectivity index (χ4v) is 4.59. The van der Waals surface area contributed by atoms with E-state index in [0.29, 0.717) is 6.42 Å². The number of rotatable bonds is 19. The lowest BCUT2D eigenvalue weighted by molar-refractivity contribution is -0.384. The van der Waals surface area contributed by atoms with E-state index in [2.05, 4.69) is 24.4 Å². The number of carbonyl (C=O) groups is 2. The van der Waals surface area contributed by atoms with E-state index in [1.165, 1.54) is 75.3 Å². The van der Waals surface area contributed by atoms with Crippen LogP contribution in [0.4, 0.5) is 11.4 Å². The van der Waals surface area contributed by atoms with Gasteiger partial charge < -0.3 is 10.1 Å². The summed E-state index contributed by atoms with van der Waals surface area (Å²) in [6.45, 7) is 2.24. The number of unbranched alkanes of at least 4 members (excludes halogenated alkanes) is 11. The zero-order chi connectivity index (χ0) is 29.2. The number of esters is 1. The van der Waals surface area contributed by atoms with Crippen LogP contribution in [0.3, 0.4) is 0 Å². The number of nitro benzene ring substituents is 1. The Kier molecular flexibility index (Phi) is 16.0. The molecule has 0 spiro atoms. The predicted molar refractivity (Wildman–Crippen MR) is 163 cm³/mol. The van der Waals surface area contributed by atoms with Crippen LogP contribution in [0.5, 0.6) is 5.75 Å². The van der Waals surface area contributed by atoms with Gasteiger partial charge in [-0.25, -0.2) is 0 Å². The lowest BCUT2D eigenvalue weighted by Gasteiger charge is -2.12. The van der Waals surface area contributed by atoms with E-state index in [9.17, 15) is 19.7 Å². The van der Waals surface area contributed by atoms with Crippen LogP contribution in [0.1, 0.15) is 107 Å². The molecular weight excluding hydrogens is 551 g/mol. The molecule has 0 atom stereocenters. The number of benzene rings is 2. The summed E-state index contributed by atoms with van der Waals surface area (Å²) in [7, 11) is 0. The fourth-order valence-electron chi connectivity index (χ4n) is 4.19. The lowest BCUT2D eigenvalue weighted by Crippen LogP contribution is -2.16. The third-order valence-electron chi connectivity index (χ3n) is 6.46. The Hall–Kier alpha value is -2.90. The zero-order valence-corrected chi connectivity index (χ0v) is 24.8. The van der Waals surface area contributed by atoms with Gasteiger partial charge in [-0.3, -0.25) is 19.7 Å². The van der Waals surface area contributed by atoms with Crippen LogP contribution in [-0.4, -0.2) is 16.8 Å². The molecule has 0 saturated carbocycles. The van der Waals surface area contributed by atoms with Gasteiger partial charge >= 0.3 is 5.97 Å². The van der Waals surface area contributed by atoms with E-state index in [0.717, 1.165) is 38.2 Å². The van der Waals surface area contributed by atoms with E-state index in [1.54, 1.807) is 0 Å². The maximum absolute atomic E-state index is 12.9. The molecule has 0 radical (unpaired) electrons. The molecule has 0 aromatic heterocycles. The number of nitro groups is 1. The van der Waals surface area contributed by atoms with Crippen molar-refractivity contribution in [3.8, 4) is 5.75 Å². The first-order valence-corrected chi connectivity index (χ1v) is 15.0. The largest absolute Gasteiger partial charge is 0.426 e. The minimum absolute atomic E-state index is 0.00677. The summed E-state index contributed by atoms with van der Waals surface area (Å²) in [6.07, 6.45) is 20.1. The van der Waals surface area contributed by atoms with Gasteiger partial charge in [0, 0.05) is 23.6 Å². The minimum Gasteiger partial charge on any atom is -0.426 e. The lowest BCUT2D eigenvalue weighted by atomic mass is 10.1. The van der Waals surface area contributed by atoms with Crippen LogP contribution in [0.15, 0.2) is 48.6 Å². The summed E-state index contributed by atoms with van der Waals surface area (Å²) >= 11 is 12.1. The number of ether oxygens (including phenoxy) is 1. The molecule has 1 amide bonds. The first-order chi connectivity index (χ1) is 19.3. The van der Waals surface area contributed by atoms with E-state index >= 15 is 0 Å². The van der Waals surface area contributed by atoms with Gasteiger partial charge in [-0.2, -0.15) is 0 Å². The number of nitrogens with one attached hydrogen (secondary N) is 1. The molecule has 9 heteroatoms. The van der Waals surface area contributed by atoms with Crippen molar-refractivity contribution >= 4 is 46.5 Å². The molecule has 2 rings (SSSR count). The average molecular weight is 592 g/mol. The standard InChI is InChI=1S/C31H40Cl2N2O5/c1-2-3-4-5-6-7-8-9-10-11-12-13-14-15-16-17-30(36)40-29-21-18-24(32)22-26(29)31(37)34-28-20-19-25(35(38)39)23-27(28)33/h9-10,18-23H,2-8,11-17H2,1H3,(H,34,37)/b10-9-. The second-order valence-corrected chi connectivity index (χ2v) is 10.7. The molecule has 2 aromatic rings. The number of anilines is 1. The van der Waals surface area contributed by atoms with Crippen molar-refractivity contribution in [2.45, 2.75) is 96.8 Å². The number of halogens is 2. The summed E-state index contributed by atoms with van der Waals surface area (Å²) in [5.74, 6) is -0.956. The molecule has 1 N–H and O–H groups in total. The van der Waals surface area contributed by atoms with Crippen molar-refractivity contribution in [2.75, 3.05) is 5.32 Å². The van der Waals surface area contributed by atoms with Crippen LogP contribution in [0, 0.1) is 10.1 Å². The highest BCUT2D eigenvalue weighted by atomic mass is 35.5. The summed E-state index contributed by atoms with van der Waals surface area (Å²) in [5.41, 5.74) is 0.0404. The molecule has 40 heavy (non-hydrogen) atoms. The summed E-state index contributed by atoms with van der Waals surface area (Å²) in [6, 6.07) is 8.09. The number of hydrogen-bond donors (Lipinski definition) is 1. The maximum Gasteiger partial charge on any atom is 0.311 e. The van der Waals surface area contributed by atoms with Crippen molar-refractivity contribution in [1.82, 2.24) is 0 Å². The Morgan fingerprint density at radius 1 is 0.875 bits per heavy atom. The molecular formula is C31H40Cl2N2O5. The zero-order valence-electron chi connectivity index (χ0n) is 23.3. The van der Waals surface area contributed by atoms with Crippen LogP contribution in [-0.2, 0) is 4.79 Å². The van der Waals surface area contributed by atoms with Crippen LogP contribution in [0.2, 0.25) is 10.0 Å². The minimum atomic E-state index is -0.609. The van der Waals surface area contributed by atoms with Gasteiger partial charge in [-0.15, -0.1) is 0 Å². The van der Waals surface area contributed by atoms with Gasteiger partial charge in [0.1, 0.15) is 5.75 Å². The second kappa shape index (κ2) is 19.2. The van der Waals surface area contributed by atoms with Crippen LogP contribution in [0.25, 0.3) is 0 Å². The quantitative estimate of drug-likeness (QED) is 0.0438. The van der Waals surface area contributed by atoms with Crippen molar-refractivity contribution in [2.24, 2.45) is 0 Å². The molecule has 7 nitrogen and oxygen atoms in total. The predicted octanol–water partition coefficient (Wildman–Crippen LogP) is 10.1. The monoisotopic (exact) mass is 590 g/mol. The molecule has 0 fully saturated rings. The Labute approximate surface area is 247 Å². The van der Waals surface area contributed by atoms with Crippen molar-refractivity contribution in [3.63, 3.8) is 0 Å². The number of allylic oxidation sites excluding steroid dienone is 2. The fraction of sp³-hybridized carbons (Fsp3) is 0.484. The molecule has 0 unspecified atom stereocenters. The molecule has 0 aliphatic heterocycles. The molecule has 0 aliphatic rings. The normalized spacial score (nSPS) is 11.1. The molecule has 0 heterocycles. The van der Waals surface area contributed by atoms with E-state index in [1.807, 2.05) is 0 Å². The maximum atomic E-state index is 12.9. The summed E-state index contributed by atoms with van der Waals surface area (Å²) in [5, 5.41) is 13.8. The third kappa shape index (κ3) is 13.0. The summed E-state index contributed by atoms with van der Waals surface area (Å²) < 4.78 is 5.47. The first-order valence-electron chi connectivity index (χ1n) is 14.2. The van der Waals surface area contributed by atoms with Gasteiger partial charge in [0.25, 0.3) is 11.6 Å². The Morgan fingerprint density at radius 2 is 1.50 bits per heavy atom. The Morgan fingerprint density at radius 3 is 2.12 bits per heavy atom. The number of carbonyl (C=O) groups excluding carboxylic acids is 2. The van der Waals surface area contributed by atoms with E-state index < -0.39 is 16.8 Å². The highest BCUT2D eigenvalue weighted by molar-refractivity contribution is 6.34. The SMILES string of the molecule is CCCCCCCC/C=C\CCCCCCCC(=O)Oc1ccc(Cl)cc1C(=O)Nc1ccc([N+](=O)[O-])cc1Cl. The summed E-state index contributed by atoms with van der Waals surface area (Å²) in [4.78, 5) is 35.7. The van der Waals surface area contributed by atoms with Gasteiger partial charge in [0.05, 0.1) is 21.2 Å². The van der Waals surface area contributed by atoms with Gasteiger partial charge in [0.15, 0.2) is 0 Å². The average Bonchev–Trinajstić information content (AvgIpc) is 2.92. The van der Waals surface area contributed by atoms with E-state index in [4.69, 9.17) is 27.9 Å². The number of nitrogens with zero attached hydrogens (tertiary/aromatic N) is 1. The second-order valence-electron chi connectivity index (χ2n) is 9.82. The number of amides is 1. The topological polar surface area (TPSA) is 98.5 Å². The van der Waals surface area contributed by atoms with Crippen molar-refractivity contribution in [1.29, 1.82) is 0 Å². The molecule has 0 saturated heterocycles. The van der Waals surface area contributed by atoms with Crippen LogP contribution >= 0.6 is 23.2 Å². The van der Waals surface area contributed by atoms with Crippen molar-refractivity contribution in [3.05, 3.63) is 74.3 Å². The number of hydrogen-bond acceptors (Lipinski definition) is 5. The van der Waals surface area contributed by atoms with Crippen molar-refractivity contribution < 1.29 is 19.2 Å². The molecule has 0 bridgehead atoms. The van der Waals surface area contributed by atoms with Gasteiger partial charge in [0.2, 0.25) is 0 Å². The Bertz CT molecular complexity index is 1140. The Balaban J connectivity index is 1.69. The smallest absolute Gasteiger partial charge is 0.311 e. The number of non-ortho nitro benzene ring substituents is 1.